The second kappa shape index (κ2) is 4.64. The number of oxime groups is 1. The highest BCUT2D eigenvalue weighted by Crippen LogP contribution is 2.13. The SMILES string of the molecule is CC(/C=N\O)=Nc1c(N)n(C)c(=O)n(C)c1=O. The number of aliphatic imine (C=N–C) groups is 1. The highest BCUT2D eigenvalue weighted by molar-refractivity contribution is 6.30. The first-order chi connectivity index (χ1) is 7.90. The van der Waals surface area contributed by atoms with Gasteiger partial charge in [0, 0.05) is 14.1 Å². The maximum absolute atomic E-state index is 11.8. The van der Waals surface area contributed by atoms with Crippen molar-refractivity contribution in [3.8, 4) is 0 Å². The van der Waals surface area contributed by atoms with Crippen molar-refractivity contribution in [2.75, 3.05) is 5.73 Å². The average molecular weight is 239 g/mol. The molecule has 3 N–H and O–H groups in total. The van der Waals surface area contributed by atoms with Crippen molar-refractivity contribution in [2.24, 2.45) is 24.2 Å². The van der Waals surface area contributed by atoms with Crippen LogP contribution in [0, 0.1) is 0 Å². The molecule has 17 heavy (non-hydrogen) atoms. The summed E-state index contributed by atoms with van der Waals surface area (Å²) in [7, 11) is 2.77. The summed E-state index contributed by atoms with van der Waals surface area (Å²) in [5, 5.41) is 11.1. The summed E-state index contributed by atoms with van der Waals surface area (Å²) < 4.78 is 2.02. The molecule has 1 heterocycles. The highest BCUT2D eigenvalue weighted by Gasteiger charge is 2.12. The lowest BCUT2D eigenvalue weighted by Crippen LogP contribution is -2.38. The van der Waals surface area contributed by atoms with Gasteiger partial charge in [-0.2, -0.15) is 0 Å². The van der Waals surface area contributed by atoms with Crippen molar-refractivity contribution in [1.29, 1.82) is 0 Å². The molecule has 1 aromatic rings. The van der Waals surface area contributed by atoms with Crippen LogP contribution in [0.3, 0.4) is 0 Å². The maximum Gasteiger partial charge on any atom is 0.332 e. The largest absolute Gasteiger partial charge is 0.411 e. The molecule has 0 radical (unpaired) electrons. The first-order valence-electron chi connectivity index (χ1n) is 4.68. The van der Waals surface area contributed by atoms with E-state index in [9.17, 15) is 9.59 Å². The van der Waals surface area contributed by atoms with E-state index >= 15 is 0 Å². The Morgan fingerprint density at radius 1 is 1.35 bits per heavy atom. The number of rotatable bonds is 2. The molecule has 0 spiro atoms. The van der Waals surface area contributed by atoms with Crippen molar-refractivity contribution in [2.45, 2.75) is 6.92 Å². The molecule has 0 aliphatic carbocycles. The summed E-state index contributed by atoms with van der Waals surface area (Å²) >= 11 is 0. The molecular weight excluding hydrogens is 226 g/mol. The fourth-order valence-corrected chi connectivity index (χ4v) is 1.24. The number of anilines is 1. The van der Waals surface area contributed by atoms with E-state index in [1.54, 1.807) is 0 Å². The smallest absolute Gasteiger partial charge is 0.332 e. The van der Waals surface area contributed by atoms with Crippen molar-refractivity contribution in [1.82, 2.24) is 9.13 Å². The molecule has 1 aromatic heterocycles. The van der Waals surface area contributed by atoms with E-state index < -0.39 is 11.2 Å². The van der Waals surface area contributed by atoms with Crippen molar-refractivity contribution >= 4 is 23.4 Å². The number of hydrogen-bond acceptors (Lipinski definition) is 6. The molecule has 0 fully saturated rings. The van der Waals surface area contributed by atoms with Crippen LogP contribution in [0.4, 0.5) is 11.5 Å². The van der Waals surface area contributed by atoms with Crippen molar-refractivity contribution in [3.05, 3.63) is 20.8 Å². The van der Waals surface area contributed by atoms with Gasteiger partial charge < -0.3 is 10.9 Å². The van der Waals surface area contributed by atoms with Gasteiger partial charge in [0.2, 0.25) is 0 Å². The molecule has 0 saturated carbocycles. The van der Waals surface area contributed by atoms with Crippen LogP contribution in [-0.2, 0) is 14.1 Å². The van der Waals surface area contributed by atoms with Crippen LogP contribution in [0.5, 0.6) is 0 Å². The first kappa shape index (κ1) is 12.7. The fourth-order valence-electron chi connectivity index (χ4n) is 1.24. The van der Waals surface area contributed by atoms with Crippen molar-refractivity contribution in [3.63, 3.8) is 0 Å². The predicted octanol–water partition coefficient (Wildman–Crippen LogP) is -0.781. The molecule has 1 rings (SSSR count). The van der Waals surface area contributed by atoms with Gasteiger partial charge in [-0.3, -0.25) is 13.9 Å². The standard InChI is InChI=1S/C9H13N5O3/c1-5(4-11-17)12-6-7(10)13(2)9(16)14(3)8(6)15/h4,17H,10H2,1-3H3/b11-4-,12-5?. The van der Waals surface area contributed by atoms with Crippen LogP contribution in [0.15, 0.2) is 19.7 Å². The van der Waals surface area contributed by atoms with Crippen LogP contribution in [-0.4, -0.2) is 26.3 Å². The van der Waals surface area contributed by atoms with Crippen LogP contribution < -0.4 is 17.0 Å². The molecule has 0 bridgehead atoms. The molecule has 8 nitrogen and oxygen atoms in total. The van der Waals surface area contributed by atoms with Gasteiger partial charge >= 0.3 is 5.69 Å². The summed E-state index contributed by atoms with van der Waals surface area (Å²) in [6.45, 7) is 1.53. The zero-order chi connectivity index (χ0) is 13.2. The van der Waals surface area contributed by atoms with Gasteiger partial charge in [-0.15, -0.1) is 0 Å². The quantitative estimate of drug-likeness (QED) is 0.400. The highest BCUT2D eigenvalue weighted by atomic mass is 16.4. The van der Waals surface area contributed by atoms with Gasteiger partial charge in [0.05, 0.1) is 11.9 Å². The van der Waals surface area contributed by atoms with Crippen LogP contribution in [0.25, 0.3) is 0 Å². The Balaban J connectivity index is 3.62. The number of nitrogens with zero attached hydrogens (tertiary/aromatic N) is 4. The summed E-state index contributed by atoms with van der Waals surface area (Å²) in [5.74, 6) is -0.0382. The lowest BCUT2D eigenvalue weighted by Gasteiger charge is -2.08. The van der Waals surface area contributed by atoms with Gasteiger partial charge in [0.1, 0.15) is 5.82 Å². The molecule has 0 aromatic carbocycles. The first-order valence-corrected chi connectivity index (χ1v) is 4.68. The lowest BCUT2D eigenvalue weighted by atomic mass is 10.4. The Morgan fingerprint density at radius 2 is 1.94 bits per heavy atom. The third-order valence-electron chi connectivity index (χ3n) is 2.22. The fraction of sp³-hybridized carbons (Fsp3) is 0.333. The topological polar surface area (TPSA) is 115 Å². The molecule has 0 aliphatic heterocycles. The van der Waals surface area contributed by atoms with E-state index in [2.05, 4.69) is 10.1 Å². The van der Waals surface area contributed by atoms with E-state index in [-0.39, 0.29) is 17.2 Å². The number of nitrogen functional groups attached to an aromatic ring is 1. The maximum atomic E-state index is 11.8. The van der Waals surface area contributed by atoms with E-state index in [0.29, 0.717) is 0 Å². The molecule has 8 heteroatoms. The van der Waals surface area contributed by atoms with Crippen LogP contribution in [0.2, 0.25) is 0 Å². The normalized spacial score (nSPS) is 12.3. The third kappa shape index (κ3) is 2.25. The Labute approximate surface area is 96.3 Å². The zero-order valence-corrected chi connectivity index (χ0v) is 9.71. The predicted molar refractivity (Wildman–Crippen MR) is 64.4 cm³/mol. The molecule has 92 valence electrons. The molecule has 0 saturated heterocycles. The molecular formula is C9H13N5O3. The lowest BCUT2D eigenvalue weighted by molar-refractivity contribution is 0.322. The van der Waals surface area contributed by atoms with Gasteiger partial charge in [-0.1, -0.05) is 5.16 Å². The second-order valence-corrected chi connectivity index (χ2v) is 3.44. The molecule has 0 atom stereocenters. The summed E-state index contributed by atoms with van der Waals surface area (Å²) in [6.07, 6.45) is 1.06. The van der Waals surface area contributed by atoms with Gasteiger partial charge in [0.25, 0.3) is 5.56 Å². The van der Waals surface area contributed by atoms with Gasteiger partial charge in [0.15, 0.2) is 5.69 Å². The minimum atomic E-state index is -0.601. The number of hydrogen-bond donors (Lipinski definition) is 2. The summed E-state index contributed by atoms with van der Waals surface area (Å²) in [4.78, 5) is 27.2. The van der Waals surface area contributed by atoms with Crippen LogP contribution >= 0.6 is 0 Å². The Morgan fingerprint density at radius 3 is 2.47 bits per heavy atom. The average Bonchev–Trinajstić information content (AvgIpc) is 2.30. The molecule has 0 amide bonds. The number of nitrogens with two attached hydrogens (primary N) is 1. The monoisotopic (exact) mass is 239 g/mol. The summed E-state index contributed by atoms with van der Waals surface area (Å²) in [5.41, 5.74) is 4.73. The Bertz CT molecular complexity index is 608. The molecule has 0 aliphatic rings. The summed E-state index contributed by atoms with van der Waals surface area (Å²) in [6, 6.07) is 0. The minimum absolute atomic E-state index is 0.0382. The zero-order valence-electron chi connectivity index (χ0n) is 9.71. The Kier molecular flexibility index (Phi) is 3.46. The van der Waals surface area contributed by atoms with E-state index in [0.717, 1.165) is 15.3 Å². The third-order valence-corrected chi connectivity index (χ3v) is 2.22. The second-order valence-electron chi connectivity index (χ2n) is 3.44. The van der Waals surface area contributed by atoms with E-state index in [1.165, 1.54) is 21.0 Å². The molecule has 0 unspecified atom stereocenters. The van der Waals surface area contributed by atoms with E-state index in [4.69, 9.17) is 10.9 Å². The van der Waals surface area contributed by atoms with Gasteiger partial charge in [-0.05, 0) is 6.92 Å². The van der Waals surface area contributed by atoms with Gasteiger partial charge in [-0.25, -0.2) is 9.79 Å². The number of aromatic nitrogens is 2. The van der Waals surface area contributed by atoms with Crippen molar-refractivity contribution < 1.29 is 5.21 Å². The Hall–Kier alpha value is -2.38. The minimum Gasteiger partial charge on any atom is -0.411 e. The van der Waals surface area contributed by atoms with E-state index in [1.807, 2.05) is 0 Å². The van der Waals surface area contributed by atoms with Crippen LogP contribution in [0.1, 0.15) is 6.92 Å².